The van der Waals surface area contributed by atoms with Gasteiger partial charge in [-0.3, -0.25) is 4.79 Å². The van der Waals surface area contributed by atoms with Gasteiger partial charge in [0, 0.05) is 5.69 Å². The van der Waals surface area contributed by atoms with Crippen LogP contribution in [0.2, 0.25) is 0 Å². The molecule has 0 aliphatic heterocycles. The lowest BCUT2D eigenvalue weighted by Gasteiger charge is -2.09. The zero-order valence-electron chi connectivity index (χ0n) is 12.7. The lowest BCUT2D eigenvalue weighted by molar-refractivity contribution is -0.137. The summed E-state index contributed by atoms with van der Waals surface area (Å²) in [6.07, 6.45) is -4.64. The number of carbonyl (C=O) groups is 2. The number of hydrogen-bond acceptors (Lipinski definition) is 3. The van der Waals surface area contributed by atoms with Crippen LogP contribution >= 0.6 is 0 Å². The second-order valence-corrected chi connectivity index (χ2v) is 4.99. The number of esters is 1. The van der Waals surface area contributed by atoms with Crippen molar-refractivity contribution in [3.05, 3.63) is 65.2 Å². The lowest BCUT2D eigenvalue weighted by atomic mass is 10.1. The van der Waals surface area contributed by atoms with Gasteiger partial charge in [-0.25, -0.2) is 4.79 Å². The SMILES string of the molecule is COC(=O)c1ccc(NC(=O)Cc2cccc(C(F)(F)F)c2)cc1. The molecular formula is C17H14F3NO3. The molecule has 0 fully saturated rings. The summed E-state index contributed by atoms with van der Waals surface area (Å²) in [7, 11) is 1.26. The van der Waals surface area contributed by atoms with Crippen LogP contribution in [-0.2, 0) is 22.1 Å². The van der Waals surface area contributed by atoms with Gasteiger partial charge in [-0.15, -0.1) is 0 Å². The summed E-state index contributed by atoms with van der Waals surface area (Å²) in [4.78, 5) is 23.2. The van der Waals surface area contributed by atoms with E-state index in [9.17, 15) is 22.8 Å². The Kier molecular flexibility index (Phi) is 5.23. The number of hydrogen-bond donors (Lipinski definition) is 1. The number of nitrogens with one attached hydrogen (secondary N) is 1. The summed E-state index contributed by atoms with van der Waals surface area (Å²) in [5, 5.41) is 2.56. The van der Waals surface area contributed by atoms with Crippen molar-refractivity contribution in [3.8, 4) is 0 Å². The van der Waals surface area contributed by atoms with Crippen molar-refractivity contribution in [1.82, 2.24) is 0 Å². The van der Waals surface area contributed by atoms with Crippen LogP contribution in [0.3, 0.4) is 0 Å². The molecule has 0 unspecified atom stereocenters. The molecule has 24 heavy (non-hydrogen) atoms. The van der Waals surface area contributed by atoms with Crippen molar-refractivity contribution in [2.24, 2.45) is 0 Å². The molecule has 2 rings (SSSR count). The summed E-state index contributed by atoms with van der Waals surface area (Å²) in [6.45, 7) is 0. The summed E-state index contributed by atoms with van der Waals surface area (Å²) in [5.74, 6) is -0.961. The van der Waals surface area contributed by atoms with Gasteiger partial charge in [0.05, 0.1) is 24.7 Å². The first-order valence-corrected chi connectivity index (χ1v) is 6.94. The number of rotatable bonds is 4. The van der Waals surface area contributed by atoms with Crippen LogP contribution in [-0.4, -0.2) is 19.0 Å². The standard InChI is InChI=1S/C17H14F3NO3/c1-24-16(23)12-5-7-14(8-6-12)21-15(22)10-11-3-2-4-13(9-11)17(18,19)20/h2-9H,10H2,1H3,(H,21,22). The van der Waals surface area contributed by atoms with E-state index < -0.39 is 23.6 Å². The van der Waals surface area contributed by atoms with Gasteiger partial charge < -0.3 is 10.1 Å². The van der Waals surface area contributed by atoms with Gasteiger partial charge in [0.2, 0.25) is 5.91 Å². The quantitative estimate of drug-likeness (QED) is 0.866. The predicted molar refractivity (Wildman–Crippen MR) is 81.6 cm³/mol. The molecule has 0 spiro atoms. The minimum absolute atomic E-state index is 0.192. The first kappa shape index (κ1) is 17.5. The van der Waals surface area contributed by atoms with Crippen molar-refractivity contribution in [2.45, 2.75) is 12.6 Å². The minimum Gasteiger partial charge on any atom is -0.465 e. The Morgan fingerprint density at radius 2 is 1.75 bits per heavy atom. The van der Waals surface area contributed by atoms with E-state index in [0.29, 0.717) is 11.3 Å². The van der Waals surface area contributed by atoms with Crippen LogP contribution in [0.4, 0.5) is 18.9 Å². The Morgan fingerprint density at radius 1 is 1.08 bits per heavy atom. The number of halogens is 3. The van der Waals surface area contributed by atoms with E-state index in [2.05, 4.69) is 10.1 Å². The third-order valence-corrected chi connectivity index (χ3v) is 3.21. The molecular weight excluding hydrogens is 323 g/mol. The molecule has 7 heteroatoms. The Balaban J connectivity index is 2.02. The lowest BCUT2D eigenvalue weighted by Crippen LogP contribution is -2.15. The Bertz CT molecular complexity index is 739. The van der Waals surface area contributed by atoms with Crippen LogP contribution in [0.15, 0.2) is 48.5 Å². The summed E-state index contributed by atoms with van der Waals surface area (Å²) < 4.78 is 42.5. The number of ether oxygens (including phenoxy) is 1. The van der Waals surface area contributed by atoms with Crippen molar-refractivity contribution in [1.29, 1.82) is 0 Å². The highest BCUT2D eigenvalue weighted by atomic mass is 19.4. The highest BCUT2D eigenvalue weighted by molar-refractivity contribution is 5.94. The molecule has 1 amide bonds. The molecule has 2 aromatic carbocycles. The van der Waals surface area contributed by atoms with Crippen LogP contribution in [0.1, 0.15) is 21.5 Å². The fraction of sp³-hybridized carbons (Fsp3) is 0.176. The monoisotopic (exact) mass is 337 g/mol. The molecule has 0 saturated heterocycles. The molecule has 0 heterocycles. The van der Waals surface area contributed by atoms with E-state index in [0.717, 1.165) is 12.1 Å². The molecule has 0 radical (unpaired) electrons. The van der Waals surface area contributed by atoms with Gasteiger partial charge in [-0.05, 0) is 35.9 Å². The molecule has 0 aliphatic rings. The van der Waals surface area contributed by atoms with Gasteiger partial charge in [-0.1, -0.05) is 18.2 Å². The molecule has 0 bridgehead atoms. The summed E-state index contributed by atoms with van der Waals surface area (Å²) in [6, 6.07) is 10.6. The first-order chi connectivity index (χ1) is 11.3. The predicted octanol–water partition coefficient (Wildman–Crippen LogP) is 3.67. The van der Waals surface area contributed by atoms with Gasteiger partial charge in [0.1, 0.15) is 0 Å². The van der Waals surface area contributed by atoms with Crippen molar-refractivity contribution in [3.63, 3.8) is 0 Å². The van der Waals surface area contributed by atoms with Crippen LogP contribution < -0.4 is 5.32 Å². The average molecular weight is 337 g/mol. The fourth-order valence-electron chi connectivity index (χ4n) is 2.06. The van der Waals surface area contributed by atoms with Crippen LogP contribution in [0, 0.1) is 0 Å². The van der Waals surface area contributed by atoms with E-state index in [-0.39, 0.29) is 12.0 Å². The maximum Gasteiger partial charge on any atom is 0.416 e. The van der Waals surface area contributed by atoms with E-state index in [1.165, 1.54) is 43.5 Å². The summed E-state index contributed by atoms with van der Waals surface area (Å²) in [5.41, 5.74) is 0.219. The number of anilines is 1. The number of carbonyl (C=O) groups excluding carboxylic acids is 2. The third kappa shape index (κ3) is 4.58. The maximum atomic E-state index is 12.6. The molecule has 0 atom stereocenters. The number of methoxy groups -OCH3 is 1. The third-order valence-electron chi connectivity index (χ3n) is 3.21. The van der Waals surface area contributed by atoms with Gasteiger partial charge >= 0.3 is 12.1 Å². The van der Waals surface area contributed by atoms with E-state index in [4.69, 9.17) is 0 Å². The second-order valence-electron chi connectivity index (χ2n) is 4.99. The smallest absolute Gasteiger partial charge is 0.416 e. The van der Waals surface area contributed by atoms with Gasteiger partial charge in [0.25, 0.3) is 0 Å². The molecule has 4 nitrogen and oxygen atoms in total. The van der Waals surface area contributed by atoms with E-state index >= 15 is 0 Å². The van der Waals surface area contributed by atoms with Crippen LogP contribution in [0.5, 0.6) is 0 Å². The highest BCUT2D eigenvalue weighted by Crippen LogP contribution is 2.29. The zero-order valence-corrected chi connectivity index (χ0v) is 12.7. The fourth-order valence-corrected chi connectivity index (χ4v) is 2.06. The van der Waals surface area contributed by atoms with Gasteiger partial charge in [0.15, 0.2) is 0 Å². The van der Waals surface area contributed by atoms with E-state index in [1.807, 2.05) is 0 Å². The average Bonchev–Trinajstić information content (AvgIpc) is 2.54. The topological polar surface area (TPSA) is 55.4 Å². The van der Waals surface area contributed by atoms with Crippen molar-refractivity contribution < 1.29 is 27.5 Å². The molecule has 0 saturated carbocycles. The normalized spacial score (nSPS) is 11.0. The first-order valence-electron chi connectivity index (χ1n) is 6.94. The Morgan fingerprint density at radius 3 is 2.33 bits per heavy atom. The maximum absolute atomic E-state index is 12.6. The number of amides is 1. The number of alkyl halides is 3. The number of benzene rings is 2. The van der Waals surface area contributed by atoms with E-state index in [1.54, 1.807) is 0 Å². The Labute approximate surface area is 136 Å². The summed E-state index contributed by atoms with van der Waals surface area (Å²) >= 11 is 0. The molecule has 126 valence electrons. The van der Waals surface area contributed by atoms with Crippen molar-refractivity contribution in [2.75, 3.05) is 12.4 Å². The molecule has 0 aromatic heterocycles. The largest absolute Gasteiger partial charge is 0.465 e. The van der Waals surface area contributed by atoms with Crippen LogP contribution in [0.25, 0.3) is 0 Å². The van der Waals surface area contributed by atoms with Gasteiger partial charge in [-0.2, -0.15) is 13.2 Å². The minimum atomic E-state index is -4.45. The second kappa shape index (κ2) is 7.16. The van der Waals surface area contributed by atoms with Crippen molar-refractivity contribution >= 4 is 17.6 Å². The molecule has 2 aromatic rings. The zero-order chi connectivity index (χ0) is 17.7. The highest BCUT2D eigenvalue weighted by Gasteiger charge is 2.30. The molecule has 0 aliphatic carbocycles. The Hall–Kier alpha value is -2.83. The molecule has 1 N–H and O–H groups in total.